The van der Waals surface area contributed by atoms with Gasteiger partial charge in [-0.05, 0) is 57.2 Å². The molecule has 11 heteroatoms. The Bertz CT molecular complexity index is 1030. The van der Waals surface area contributed by atoms with E-state index in [4.69, 9.17) is 46.4 Å². The van der Waals surface area contributed by atoms with E-state index in [-0.39, 0.29) is 10.0 Å². The van der Waals surface area contributed by atoms with Crippen LogP contribution in [0.1, 0.15) is 20.8 Å². The summed E-state index contributed by atoms with van der Waals surface area (Å²) in [5.74, 6) is 0. The molecule has 0 aromatic heterocycles. The molecule has 0 aliphatic carbocycles. The molecule has 1 aliphatic rings. The lowest BCUT2D eigenvalue weighted by Crippen LogP contribution is -2.58. The molecule has 0 saturated carbocycles. The number of anilines is 2. The normalized spacial score (nSPS) is 17.8. The number of halogens is 4. The van der Waals surface area contributed by atoms with Crippen LogP contribution in [0.25, 0.3) is 0 Å². The van der Waals surface area contributed by atoms with Gasteiger partial charge in [0.1, 0.15) is 0 Å². The highest BCUT2D eigenvalue weighted by Crippen LogP contribution is 2.39. The second-order valence-corrected chi connectivity index (χ2v) is 9.05. The van der Waals surface area contributed by atoms with Crippen molar-refractivity contribution in [2.75, 3.05) is 16.8 Å². The number of nitrogens with zero attached hydrogens (tertiary/aromatic N) is 3. The summed E-state index contributed by atoms with van der Waals surface area (Å²) in [4.78, 5) is 28.9. The van der Waals surface area contributed by atoms with Gasteiger partial charge in [0.05, 0.1) is 25.6 Å². The van der Waals surface area contributed by atoms with Gasteiger partial charge in [-0.25, -0.2) is 9.59 Å². The summed E-state index contributed by atoms with van der Waals surface area (Å²) in [5, 5.41) is 15.1. The molecule has 1 atom stereocenters. The minimum Gasteiger partial charge on any atom is -0.315 e. The molecule has 0 bridgehead atoms. The van der Waals surface area contributed by atoms with Crippen molar-refractivity contribution in [1.29, 1.82) is 0 Å². The number of carbonyl (C=O) groups is 2. The van der Waals surface area contributed by atoms with E-state index in [9.17, 15) is 14.8 Å². The third-order valence-electron chi connectivity index (χ3n) is 5.12. The summed E-state index contributed by atoms with van der Waals surface area (Å²) in [6.45, 7) is 5.69. The Kier molecular flexibility index (Phi) is 6.84. The molecule has 1 saturated heterocycles. The minimum atomic E-state index is -1.07. The average Bonchev–Trinajstić information content (AvgIpc) is 2.90. The quantitative estimate of drug-likeness (QED) is 0.363. The molecule has 1 heterocycles. The van der Waals surface area contributed by atoms with Crippen molar-refractivity contribution in [2.24, 2.45) is 0 Å². The maximum Gasteiger partial charge on any atom is 0.347 e. The van der Waals surface area contributed by atoms with E-state index in [1.165, 1.54) is 23.1 Å². The minimum absolute atomic E-state index is 0.239. The first kappa shape index (κ1) is 23.8. The van der Waals surface area contributed by atoms with Gasteiger partial charge in [0.25, 0.3) is 0 Å². The van der Waals surface area contributed by atoms with Gasteiger partial charge in [0, 0.05) is 17.9 Å². The summed E-state index contributed by atoms with van der Waals surface area (Å²) >= 11 is 24.1. The zero-order chi connectivity index (χ0) is 23.1. The summed E-state index contributed by atoms with van der Waals surface area (Å²) in [5.41, 5.74) is -0.231. The zero-order valence-electron chi connectivity index (χ0n) is 16.9. The molecule has 166 valence electrons. The SMILES string of the molecule is CCN1C(=O)N(c2ccc(Cl)c(Cl)c2)[C@H](N(O)C(=O)Nc2ccc(Cl)c(Cl)c2)C1(C)C. The summed E-state index contributed by atoms with van der Waals surface area (Å²) in [6, 6.07) is 7.92. The number of urea groups is 2. The highest BCUT2D eigenvalue weighted by Gasteiger charge is 2.55. The topological polar surface area (TPSA) is 76.1 Å². The van der Waals surface area contributed by atoms with E-state index >= 15 is 0 Å². The molecule has 0 radical (unpaired) electrons. The van der Waals surface area contributed by atoms with Crippen molar-refractivity contribution in [2.45, 2.75) is 32.5 Å². The molecule has 0 unspecified atom stereocenters. The first-order chi connectivity index (χ1) is 14.5. The maximum atomic E-state index is 13.2. The lowest BCUT2D eigenvalue weighted by atomic mass is 10.00. The smallest absolute Gasteiger partial charge is 0.315 e. The Morgan fingerprint density at radius 3 is 2.19 bits per heavy atom. The predicted molar refractivity (Wildman–Crippen MR) is 124 cm³/mol. The highest BCUT2D eigenvalue weighted by molar-refractivity contribution is 6.42. The van der Waals surface area contributed by atoms with Gasteiger partial charge in [0.2, 0.25) is 0 Å². The molecule has 31 heavy (non-hydrogen) atoms. The monoisotopic (exact) mass is 504 g/mol. The van der Waals surface area contributed by atoms with E-state index in [0.717, 1.165) is 0 Å². The van der Waals surface area contributed by atoms with Crippen LogP contribution in [-0.2, 0) is 0 Å². The Labute approximate surface area is 200 Å². The Morgan fingerprint density at radius 2 is 1.65 bits per heavy atom. The van der Waals surface area contributed by atoms with Crippen LogP contribution < -0.4 is 10.2 Å². The first-order valence-corrected chi connectivity index (χ1v) is 10.8. The number of benzene rings is 2. The molecule has 0 spiro atoms. The van der Waals surface area contributed by atoms with Crippen LogP contribution in [-0.4, -0.2) is 45.5 Å². The fraction of sp³-hybridized carbons (Fsp3) is 0.300. The molecule has 4 amide bonds. The van der Waals surface area contributed by atoms with Crippen LogP contribution in [0.5, 0.6) is 0 Å². The van der Waals surface area contributed by atoms with Crippen molar-refractivity contribution in [3.63, 3.8) is 0 Å². The molecular weight excluding hydrogens is 486 g/mol. The van der Waals surface area contributed by atoms with Crippen LogP contribution in [0, 0.1) is 0 Å². The van der Waals surface area contributed by atoms with E-state index < -0.39 is 23.8 Å². The summed E-state index contributed by atoms with van der Waals surface area (Å²) < 4.78 is 0. The number of hydrogen-bond donors (Lipinski definition) is 2. The van der Waals surface area contributed by atoms with Gasteiger partial charge in [-0.3, -0.25) is 10.1 Å². The molecule has 3 rings (SSSR count). The summed E-state index contributed by atoms with van der Waals surface area (Å²) in [6.07, 6.45) is -1.07. The predicted octanol–water partition coefficient (Wildman–Crippen LogP) is 6.59. The van der Waals surface area contributed by atoms with Gasteiger partial charge in [-0.2, -0.15) is 5.06 Å². The highest BCUT2D eigenvalue weighted by atomic mass is 35.5. The molecule has 1 aliphatic heterocycles. The number of carbonyl (C=O) groups excluding carboxylic acids is 2. The lowest BCUT2D eigenvalue weighted by Gasteiger charge is -2.38. The fourth-order valence-corrected chi connectivity index (χ4v) is 4.23. The first-order valence-electron chi connectivity index (χ1n) is 9.29. The van der Waals surface area contributed by atoms with Crippen LogP contribution in [0.4, 0.5) is 21.0 Å². The average molecular weight is 506 g/mol. The Hall–Kier alpha value is -1.90. The van der Waals surface area contributed by atoms with Crippen molar-refractivity contribution in [1.82, 2.24) is 9.96 Å². The van der Waals surface area contributed by atoms with E-state index in [1.807, 2.05) is 6.92 Å². The Balaban J connectivity index is 1.98. The summed E-state index contributed by atoms with van der Waals surface area (Å²) in [7, 11) is 0. The number of rotatable bonds is 4. The number of hydrogen-bond acceptors (Lipinski definition) is 3. The second-order valence-electron chi connectivity index (χ2n) is 7.43. The van der Waals surface area contributed by atoms with Crippen molar-refractivity contribution in [3.8, 4) is 0 Å². The van der Waals surface area contributed by atoms with Gasteiger partial charge in [0.15, 0.2) is 6.17 Å². The molecule has 2 aromatic rings. The van der Waals surface area contributed by atoms with Crippen LogP contribution in [0.15, 0.2) is 36.4 Å². The number of nitrogens with one attached hydrogen (secondary N) is 1. The molecular formula is C20H20Cl4N4O3. The fourth-order valence-electron chi connectivity index (χ4n) is 3.64. The second kappa shape index (κ2) is 8.92. The van der Waals surface area contributed by atoms with Crippen LogP contribution in [0.3, 0.4) is 0 Å². The molecule has 2 N–H and O–H groups in total. The lowest BCUT2D eigenvalue weighted by molar-refractivity contribution is -0.0945. The largest absolute Gasteiger partial charge is 0.347 e. The van der Waals surface area contributed by atoms with Gasteiger partial charge >= 0.3 is 12.1 Å². The van der Waals surface area contributed by atoms with E-state index in [2.05, 4.69) is 5.32 Å². The van der Waals surface area contributed by atoms with Crippen molar-refractivity contribution in [3.05, 3.63) is 56.5 Å². The van der Waals surface area contributed by atoms with Crippen LogP contribution >= 0.6 is 46.4 Å². The number of likely N-dealkylation sites (N-methyl/N-ethyl adjacent to an activating group) is 1. The maximum absolute atomic E-state index is 13.2. The van der Waals surface area contributed by atoms with Gasteiger partial charge < -0.3 is 10.2 Å². The third-order valence-corrected chi connectivity index (χ3v) is 6.60. The third kappa shape index (κ3) is 4.38. The van der Waals surface area contributed by atoms with Crippen molar-refractivity contribution >= 4 is 69.8 Å². The zero-order valence-corrected chi connectivity index (χ0v) is 19.9. The van der Waals surface area contributed by atoms with Crippen molar-refractivity contribution < 1.29 is 14.8 Å². The number of amides is 4. The van der Waals surface area contributed by atoms with E-state index in [0.29, 0.717) is 33.0 Å². The number of hydroxylamine groups is 2. The Morgan fingerprint density at radius 1 is 1.06 bits per heavy atom. The van der Waals surface area contributed by atoms with Gasteiger partial charge in [-0.15, -0.1) is 0 Å². The van der Waals surface area contributed by atoms with Crippen LogP contribution in [0.2, 0.25) is 20.1 Å². The van der Waals surface area contributed by atoms with E-state index in [1.54, 1.807) is 36.9 Å². The molecule has 2 aromatic carbocycles. The van der Waals surface area contributed by atoms with Gasteiger partial charge in [-0.1, -0.05) is 46.4 Å². The standard InChI is InChI=1S/C20H20Cl4N4O3/c1-4-26-19(30)27(12-6-8-14(22)16(24)10-12)17(20(26,2)3)28(31)18(29)25-11-5-7-13(21)15(23)9-11/h5-10,17,31H,4H2,1-3H3,(H,25,29)/t17-/m1/s1. The molecule has 1 fully saturated rings. The molecule has 7 nitrogen and oxygen atoms in total.